The van der Waals surface area contributed by atoms with Crippen LogP contribution in [0.1, 0.15) is 44.9 Å². The smallest absolute Gasteiger partial charge is 0.222 e. The Morgan fingerprint density at radius 2 is 2.10 bits per heavy atom. The highest BCUT2D eigenvalue weighted by Crippen LogP contribution is 2.39. The van der Waals surface area contributed by atoms with Crippen molar-refractivity contribution in [3.05, 3.63) is 12.3 Å². The zero-order valence-electron chi connectivity index (χ0n) is 13.3. The number of hydrogen-bond acceptors (Lipinski definition) is 1. The summed E-state index contributed by atoms with van der Waals surface area (Å²) >= 11 is 0. The molecule has 0 saturated heterocycles. The molecule has 20 heavy (non-hydrogen) atoms. The number of carbonyl (C=O) groups excluding carboxylic acids is 1. The highest BCUT2D eigenvalue weighted by molar-refractivity contribution is 6.83. The van der Waals surface area contributed by atoms with Crippen molar-refractivity contribution in [1.29, 1.82) is 0 Å². The third-order valence-corrected chi connectivity index (χ3v) is 8.62. The average molecular weight is 300 g/mol. The molecule has 0 aliphatic heterocycles. The van der Waals surface area contributed by atoms with Gasteiger partial charge in [-0.25, -0.2) is 0 Å². The predicted molar refractivity (Wildman–Crippen MR) is 86.3 cm³/mol. The summed E-state index contributed by atoms with van der Waals surface area (Å²) in [5, 5.41) is 0. The molecule has 0 bridgehead atoms. The standard InChI is InChI=1S/C16H30FNOSi/c1-5-20(3,4)15-10-8-9-14(13-15)18(2)16(19)11-6-7-12-17/h5,14-15H,1,6-13H2,2-4H3. The first-order valence-corrected chi connectivity index (χ1v) is 11.0. The highest BCUT2D eigenvalue weighted by atomic mass is 28.3. The molecule has 2 atom stereocenters. The molecule has 1 fully saturated rings. The van der Waals surface area contributed by atoms with Crippen LogP contribution in [0.3, 0.4) is 0 Å². The molecule has 1 amide bonds. The molecule has 0 aromatic heterocycles. The van der Waals surface area contributed by atoms with Crippen LogP contribution in [0.4, 0.5) is 4.39 Å². The molecule has 0 aromatic rings. The summed E-state index contributed by atoms with van der Waals surface area (Å²) in [6.45, 7) is 8.43. The monoisotopic (exact) mass is 299 g/mol. The zero-order chi connectivity index (χ0) is 15.2. The van der Waals surface area contributed by atoms with Gasteiger partial charge in [0.2, 0.25) is 5.91 Å². The fourth-order valence-corrected chi connectivity index (χ4v) is 5.27. The number of unbranched alkanes of at least 4 members (excludes halogenated alkanes) is 1. The van der Waals surface area contributed by atoms with Crippen LogP contribution < -0.4 is 0 Å². The van der Waals surface area contributed by atoms with Crippen LogP contribution in [0.2, 0.25) is 18.6 Å². The van der Waals surface area contributed by atoms with Crippen molar-refractivity contribution in [3.8, 4) is 0 Å². The van der Waals surface area contributed by atoms with Gasteiger partial charge in [0.05, 0.1) is 14.7 Å². The fourth-order valence-electron chi connectivity index (χ4n) is 3.11. The molecule has 2 unspecified atom stereocenters. The minimum absolute atomic E-state index is 0.183. The summed E-state index contributed by atoms with van der Waals surface area (Å²) in [6, 6.07) is 0.373. The lowest BCUT2D eigenvalue weighted by Gasteiger charge is -2.40. The number of amides is 1. The van der Waals surface area contributed by atoms with Crippen LogP contribution in [0.25, 0.3) is 0 Å². The normalized spacial score (nSPS) is 23.4. The maximum absolute atomic E-state index is 12.1. The summed E-state index contributed by atoms with van der Waals surface area (Å²) in [6.07, 6.45) is 6.39. The Hall–Kier alpha value is -0.643. The second kappa shape index (κ2) is 7.96. The molecule has 0 aromatic carbocycles. The van der Waals surface area contributed by atoms with Gasteiger partial charge < -0.3 is 4.90 Å². The quantitative estimate of drug-likeness (QED) is 0.506. The molecule has 0 radical (unpaired) electrons. The molecule has 116 valence electrons. The van der Waals surface area contributed by atoms with Crippen molar-refractivity contribution in [3.63, 3.8) is 0 Å². The van der Waals surface area contributed by atoms with E-state index in [-0.39, 0.29) is 12.6 Å². The van der Waals surface area contributed by atoms with E-state index in [1.165, 1.54) is 12.8 Å². The maximum atomic E-state index is 12.1. The van der Waals surface area contributed by atoms with Crippen LogP contribution in [0.15, 0.2) is 12.3 Å². The van der Waals surface area contributed by atoms with Crippen molar-refractivity contribution < 1.29 is 9.18 Å². The first-order valence-electron chi connectivity index (χ1n) is 7.87. The van der Waals surface area contributed by atoms with Crippen molar-refractivity contribution in [2.45, 2.75) is 69.6 Å². The van der Waals surface area contributed by atoms with E-state index < -0.39 is 8.07 Å². The molecule has 2 nitrogen and oxygen atoms in total. The molecule has 0 heterocycles. The predicted octanol–water partition coefficient (Wildman–Crippen LogP) is 4.33. The van der Waals surface area contributed by atoms with Gasteiger partial charge in [0, 0.05) is 19.5 Å². The van der Waals surface area contributed by atoms with Gasteiger partial charge in [-0.3, -0.25) is 9.18 Å². The van der Waals surface area contributed by atoms with Gasteiger partial charge in [-0.05, 0) is 31.2 Å². The number of carbonyl (C=O) groups is 1. The van der Waals surface area contributed by atoms with E-state index >= 15 is 0 Å². The van der Waals surface area contributed by atoms with Crippen LogP contribution in [-0.2, 0) is 4.79 Å². The molecular formula is C16H30FNOSi. The molecule has 1 aliphatic carbocycles. The minimum Gasteiger partial charge on any atom is -0.343 e. The highest BCUT2D eigenvalue weighted by Gasteiger charge is 2.35. The van der Waals surface area contributed by atoms with E-state index in [2.05, 4.69) is 25.4 Å². The second-order valence-corrected chi connectivity index (χ2v) is 11.6. The van der Waals surface area contributed by atoms with E-state index in [0.717, 1.165) is 18.4 Å². The van der Waals surface area contributed by atoms with Gasteiger partial charge in [0.1, 0.15) is 0 Å². The number of alkyl halides is 1. The summed E-state index contributed by atoms with van der Waals surface area (Å²) in [5.41, 5.74) is 2.92. The van der Waals surface area contributed by atoms with Crippen molar-refractivity contribution in [2.24, 2.45) is 0 Å². The number of hydrogen-bond donors (Lipinski definition) is 0. The van der Waals surface area contributed by atoms with E-state index in [1.54, 1.807) is 0 Å². The van der Waals surface area contributed by atoms with Gasteiger partial charge in [-0.1, -0.05) is 25.9 Å². The van der Waals surface area contributed by atoms with Gasteiger partial charge in [-0.2, -0.15) is 0 Å². The first-order chi connectivity index (χ1) is 9.42. The fraction of sp³-hybridized carbons (Fsp3) is 0.812. The Morgan fingerprint density at radius 3 is 2.70 bits per heavy atom. The second-order valence-electron chi connectivity index (χ2n) is 6.69. The Morgan fingerprint density at radius 1 is 1.40 bits per heavy atom. The number of rotatable bonds is 7. The van der Waals surface area contributed by atoms with Gasteiger partial charge in [-0.15, -0.1) is 12.3 Å². The van der Waals surface area contributed by atoms with Crippen LogP contribution in [0, 0.1) is 0 Å². The summed E-state index contributed by atoms with van der Waals surface area (Å²) in [4.78, 5) is 14.1. The Labute approximate surface area is 124 Å². The largest absolute Gasteiger partial charge is 0.343 e. The van der Waals surface area contributed by atoms with E-state index in [1.807, 2.05) is 11.9 Å². The first kappa shape index (κ1) is 17.4. The average Bonchev–Trinajstić information content (AvgIpc) is 2.46. The number of halogens is 1. The van der Waals surface area contributed by atoms with Crippen LogP contribution in [-0.4, -0.2) is 38.6 Å². The molecule has 1 aliphatic rings. The lowest BCUT2D eigenvalue weighted by molar-refractivity contribution is -0.132. The van der Waals surface area contributed by atoms with Gasteiger partial charge >= 0.3 is 0 Å². The minimum atomic E-state index is -1.35. The van der Waals surface area contributed by atoms with E-state index in [9.17, 15) is 9.18 Å². The third kappa shape index (κ3) is 4.72. The Kier molecular flexibility index (Phi) is 6.93. The lowest BCUT2D eigenvalue weighted by atomic mass is 9.93. The third-order valence-electron chi connectivity index (χ3n) is 4.94. The molecule has 1 saturated carbocycles. The van der Waals surface area contributed by atoms with Gasteiger partial charge in [0.15, 0.2) is 0 Å². The summed E-state index contributed by atoms with van der Waals surface area (Å²) < 4.78 is 12.1. The molecule has 0 N–H and O–H groups in total. The van der Waals surface area contributed by atoms with E-state index in [0.29, 0.717) is 25.3 Å². The van der Waals surface area contributed by atoms with Crippen LogP contribution >= 0.6 is 0 Å². The molecule has 1 rings (SSSR count). The van der Waals surface area contributed by atoms with Gasteiger partial charge in [0.25, 0.3) is 0 Å². The van der Waals surface area contributed by atoms with Crippen molar-refractivity contribution in [2.75, 3.05) is 13.7 Å². The molecule has 4 heteroatoms. The molecule has 0 spiro atoms. The Balaban J connectivity index is 2.53. The topological polar surface area (TPSA) is 20.3 Å². The Bertz CT molecular complexity index is 332. The van der Waals surface area contributed by atoms with Crippen molar-refractivity contribution in [1.82, 2.24) is 4.90 Å². The maximum Gasteiger partial charge on any atom is 0.222 e. The van der Waals surface area contributed by atoms with Crippen molar-refractivity contribution >= 4 is 14.0 Å². The van der Waals surface area contributed by atoms with E-state index in [4.69, 9.17) is 0 Å². The number of nitrogens with zero attached hydrogens (tertiary/aromatic N) is 1. The zero-order valence-corrected chi connectivity index (χ0v) is 14.3. The SMILES string of the molecule is C=C[Si](C)(C)C1CCCC(N(C)C(=O)CCCCF)C1. The summed E-state index contributed by atoms with van der Waals surface area (Å²) in [5.74, 6) is 0.183. The molecular weight excluding hydrogens is 269 g/mol. The summed E-state index contributed by atoms with van der Waals surface area (Å²) in [7, 11) is 0.570. The van der Waals surface area contributed by atoms with Crippen LogP contribution in [0.5, 0.6) is 0 Å². The lowest BCUT2D eigenvalue weighted by Crippen LogP contribution is -2.43.